The zero-order chi connectivity index (χ0) is 12.6. The molecule has 0 atom stereocenters. The molecule has 98 valence electrons. The van der Waals surface area contributed by atoms with Crippen LogP contribution < -0.4 is 0 Å². The second-order valence-corrected chi connectivity index (χ2v) is 4.40. The van der Waals surface area contributed by atoms with E-state index in [0.717, 1.165) is 0 Å². The molecule has 0 rings (SSSR count). The average Bonchev–Trinajstić information content (AvgIpc) is 2.21. The lowest BCUT2D eigenvalue weighted by Gasteiger charge is -1.99. The first kappa shape index (κ1) is 18.3. The van der Waals surface area contributed by atoms with Crippen LogP contribution in [-0.4, -0.2) is 9.79 Å². The average molecular weight is 250 g/mol. The van der Waals surface area contributed by atoms with Crippen LogP contribution in [0.1, 0.15) is 64.7 Å². The summed E-state index contributed by atoms with van der Waals surface area (Å²) < 4.78 is 8.74. The van der Waals surface area contributed by atoms with Crippen molar-refractivity contribution >= 4 is 8.25 Å². The highest BCUT2D eigenvalue weighted by Gasteiger charge is 1.89. The van der Waals surface area contributed by atoms with Crippen molar-refractivity contribution < 1.29 is 14.4 Å². The third-order valence-corrected chi connectivity index (χ3v) is 2.26. The maximum Gasteiger partial charge on any atom is 0.314 e. The molecule has 0 fully saturated rings. The van der Waals surface area contributed by atoms with E-state index in [4.69, 9.17) is 14.4 Å². The molecule has 0 spiro atoms. The van der Waals surface area contributed by atoms with Crippen LogP contribution in [0, 0.1) is 0 Å². The van der Waals surface area contributed by atoms with Crippen molar-refractivity contribution in [3.63, 3.8) is 0 Å². The van der Waals surface area contributed by atoms with E-state index in [1.165, 1.54) is 57.8 Å². The molecule has 0 amide bonds. The Bertz CT molecular complexity index is 156. The van der Waals surface area contributed by atoms with Crippen LogP contribution in [0.5, 0.6) is 0 Å². The molecular weight excluding hydrogens is 223 g/mol. The summed E-state index contributed by atoms with van der Waals surface area (Å²) in [6.07, 6.45) is 14.5. The summed E-state index contributed by atoms with van der Waals surface area (Å²) in [7, 11) is -3.13. The van der Waals surface area contributed by atoms with E-state index in [9.17, 15) is 0 Å². The maximum absolute atomic E-state index is 8.74. The summed E-state index contributed by atoms with van der Waals surface area (Å²) in [4.78, 5) is 14.3. The fourth-order valence-corrected chi connectivity index (χ4v) is 1.42. The zero-order valence-electron chi connectivity index (χ0n) is 10.5. The minimum Gasteiger partial charge on any atom is -0.326 e. The van der Waals surface area contributed by atoms with Crippen LogP contribution in [0.4, 0.5) is 0 Å². The Morgan fingerprint density at radius 3 is 1.75 bits per heavy atom. The van der Waals surface area contributed by atoms with E-state index in [0.29, 0.717) is 0 Å². The SMILES string of the molecule is C=CCCCCCCCCCC.O=[PH](O)O. The Morgan fingerprint density at radius 1 is 1.00 bits per heavy atom. The van der Waals surface area contributed by atoms with Gasteiger partial charge in [-0.1, -0.05) is 57.9 Å². The van der Waals surface area contributed by atoms with Gasteiger partial charge in [0.1, 0.15) is 0 Å². The normalized spacial score (nSPS) is 9.75. The van der Waals surface area contributed by atoms with E-state index in [1.807, 2.05) is 6.08 Å². The molecule has 2 N–H and O–H groups in total. The second kappa shape index (κ2) is 17.3. The van der Waals surface area contributed by atoms with Crippen molar-refractivity contribution in [1.82, 2.24) is 0 Å². The Kier molecular flexibility index (Phi) is 19.7. The molecule has 0 heterocycles. The second-order valence-electron chi connectivity index (χ2n) is 3.83. The highest BCUT2D eigenvalue weighted by molar-refractivity contribution is 7.30. The minimum absolute atomic E-state index is 1.20. The predicted molar refractivity (Wildman–Crippen MR) is 70.9 cm³/mol. The molecule has 0 aromatic carbocycles. The molecule has 0 aliphatic carbocycles. The molecule has 0 unspecified atom stereocenters. The number of unbranched alkanes of at least 4 members (excludes halogenated alkanes) is 8. The molecule has 0 aliphatic heterocycles. The predicted octanol–water partition coefficient (Wildman–Crippen LogP) is 4.06. The van der Waals surface area contributed by atoms with Crippen LogP contribution in [0.25, 0.3) is 0 Å². The molecule has 4 heteroatoms. The monoisotopic (exact) mass is 250 g/mol. The van der Waals surface area contributed by atoms with Crippen molar-refractivity contribution in [1.29, 1.82) is 0 Å². The number of hydrogen-bond donors (Lipinski definition) is 2. The van der Waals surface area contributed by atoms with Gasteiger partial charge in [0.2, 0.25) is 0 Å². The van der Waals surface area contributed by atoms with E-state index >= 15 is 0 Å². The molecule has 3 nitrogen and oxygen atoms in total. The smallest absolute Gasteiger partial charge is 0.314 e. The summed E-state index contributed by atoms with van der Waals surface area (Å²) in [5.41, 5.74) is 0. The van der Waals surface area contributed by atoms with Gasteiger partial charge in [-0.05, 0) is 12.8 Å². The quantitative estimate of drug-likeness (QED) is 0.368. The number of hydrogen-bond acceptors (Lipinski definition) is 1. The summed E-state index contributed by atoms with van der Waals surface area (Å²) in [5, 5.41) is 0. The van der Waals surface area contributed by atoms with Crippen LogP contribution >= 0.6 is 8.25 Å². The van der Waals surface area contributed by atoms with Gasteiger partial charge in [0.05, 0.1) is 0 Å². The number of allylic oxidation sites excluding steroid dienone is 1. The van der Waals surface area contributed by atoms with Crippen molar-refractivity contribution in [2.24, 2.45) is 0 Å². The lowest BCUT2D eigenvalue weighted by atomic mass is 10.1. The molecule has 0 saturated carbocycles. The molecule has 0 aromatic heterocycles. The van der Waals surface area contributed by atoms with E-state index < -0.39 is 8.25 Å². The van der Waals surface area contributed by atoms with Gasteiger partial charge in [0, 0.05) is 0 Å². The molecule has 16 heavy (non-hydrogen) atoms. The molecular formula is C12H27O3P. The van der Waals surface area contributed by atoms with Gasteiger partial charge in [-0.3, -0.25) is 4.57 Å². The standard InChI is InChI=1S/C12H24.H3O3P/c1-3-5-7-9-11-12-10-8-6-4-2;1-4(2)3/h3H,1,4-12H2,2H3;4H,(H2,1,2,3). The third-order valence-electron chi connectivity index (χ3n) is 2.26. The molecule has 0 bridgehead atoms. The third kappa shape index (κ3) is 29.2. The van der Waals surface area contributed by atoms with Gasteiger partial charge < -0.3 is 9.79 Å². The highest BCUT2D eigenvalue weighted by atomic mass is 31.1. The van der Waals surface area contributed by atoms with Crippen molar-refractivity contribution in [2.45, 2.75) is 64.7 Å². The molecule has 0 aromatic rings. The summed E-state index contributed by atoms with van der Waals surface area (Å²) in [6, 6.07) is 0. The highest BCUT2D eigenvalue weighted by Crippen LogP contribution is 2.09. The van der Waals surface area contributed by atoms with E-state index in [2.05, 4.69) is 13.5 Å². The summed E-state index contributed by atoms with van der Waals surface area (Å²) in [5.74, 6) is 0. The van der Waals surface area contributed by atoms with Crippen LogP contribution in [-0.2, 0) is 4.57 Å². The molecule has 0 saturated heterocycles. The van der Waals surface area contributed by atoms with Gasteiger partial charge in [0.15, 0.2) is 0 Å². The first-order valence-corrected chi connectivity index (χ1v) is 7.48. The van der Waals surface area contributed by atoms with Gasteiger partial charge in [-0.15, -0.1) is 6.58 Å². The lowest BCUT2D eigenvalue weighted by molar-refractivity contribution is 0.405. The number of rotatable bonds is 9. The van der Waals surface area contributed by atoms with Gasteiger partial charge >= 0.3 is 8.25 Å². The summed E-state index contributed by atoms with van der Waals surface area (Å²) in [6.45, 7) is 5.99. The maximum atomic E-state index is 8.74. The van der Waals surface area contributed by atoms with Crippen LogP contribution in [0.15, 0.2) is 12.7 Å². The lowest BCUT2D eigenvalue weighted by Crippen LogP contribution is -1.79. The largest absolute Gasteiger partial charge is 0.326 e. The first-order valence-electron chi connectivity index (χ1n) is 6.17. The molecule has 0 aliphatic rings. The first-order chi connectivity index (χ1) is 7.65. The van der Waals surface area contributed by atoms with Crippen molar-refractivity contribution in [3.8, 4) is 0 Å². The Morgan fingerprint density at radius 2 is 1.38 bits per heavy atom. The Balaban J connectivity index is 0. The fourth-order valence-electron chi connectivity index (χ4n) is 1.42. The van der Waals surface area contributed by atoms with Gasteiger partial charge in [-0.25, -0.2) is 0 Å². The fraction of sp³-hybridized carbons (Fsp3) is 0.833. The van der Waals surface area contributed by atoms with E-state index in [1.54, 1.807) is 0 Å². The summed E-state index contributed by atoms with van der Waals surface area (Å²) >= 11 is 0. The Labute approximate surface area is 101 Å². The topological polar surface area (TPSA) is 57.5 Å². The van der Waals surface area contributed by atoms with Crippen LogP contribution in [0.2, 0.25) is 0 Å². The van der Waals surface area contributed by atoms with Gasteiger partial charge in [-0.2, -0.15) is 0 Å². The molecule has 0 radical (unpaired) electrons. The van der Waals surface area contributed by atoms with Crippen LogP contribution in [0.3, 0.4) is 0 Å². The zero-order valence-corrected chi connectivity index (χ0v) is 11.5. The Hall–Kier alpha value is -0.110. The van der Waals surface area contributed by atoms with Crippen molar-refractivity contribution in [2.75, 3.05) is 0 Å². The van der Waals surface area contributed by atoms with E-state index in [-0.39, 0.29) is 0 Å². The van der Waals surface area contributed by atoms with Crippen molar-refractivity contribution in [3.05, 3.63) is 12.7 Å². The van der Waals surface area contributed by atoms with Gasteiger partial charge in [0.25, 0.3) is 0 Å². The minimum atomic E-state index is -3.13.